The Bertz CT molecular complexity index is 1040. The van der Waals surface area contributed by atoms with Crippen molar-refractivity contribution in [1.29, 1.82) is 0 Å². The van der Waals surface area contributed by atoms with Gasteiger partial charge in [-0.3, -0.25) is 14.4 Å². The Morgan fingerprint density at radius 1 is 1.11 bits per heavy atom. The first-order chi connectivity index (χ1) is 17.3. The van der Waals surface area contributed by atoms with Gasteiger partial charge in [0.25, 0.3) is 0 Å². The number of carbonyl (C=O) groups excluding carboxylic acids is 4. The van der Waals surface area contributed by atoms with E-state index in [4.69, 9.17) is 16.3 Å². The number of likely N-dealkylation sites (N-methyl/N-ethyl adjacent to an activating group) is 1. The Kier molecular flexibility index (Phi) is 11.0. The maximum absolute atomic E-state index is 13.3. The summed E-state index contributed by atoms with van der Waals surface area (Å²) in [7, 11) is 1.46. The van der Waals surface area contributed by atoms with Gasteiger partial charge in [0.05, 0.1) is 17.7 Å². The molecule has 0 radical (unpaired) electrons. The lowest BCUT2D eigenvalue weighted by molar-refractivity contribution is -0.153. The second kappa shape index (κ2) is 13.5. The van der Waals surface area contributed by atoms with Crippen LogP contribution < -0.4 is 10.6 Å². The average molecular weight is 536 g/mol. The average Bonchev–Trinajstić information content (AvgIpc) is 2.81. The summed E-state index contributed by atoms with van der Waals surface area (Å²) in [6.07, 6.45) is 2.86. The highest BCUT2D eigenvalue weighted by molar-refractivity contribution is 6.32. The number of aromatic hydroxyl groups is 1. The van der Waals surface area contributed by atoms with E-state index in [0.717, 1.165) is 5.57 Å². The quantitative estimate of drug-likeness (QED) is 0.395. The van der Waals surface area contributed by atoms with Crippen molar-refractivity contribution in [2.45, 2.75) is 72.1 Å². The van der Waals surface area contributed by atoms with Crippen LogP contribution in [-0.2, 0) is 30.3 Å². The second-order valence-electron chi connectivity index (χ2n) is 10.0. The Morgan fingerprint density at radius 3 is 2.43 bits per heavy atom. The van der Waals surface area contributed by atoms with Crippen LogP contribution in [0, 0.1) is 11.8 Å². The molecule has 0 fully saturated rings. The van der Waals surface area contributed by atoms with E-state index in [9.17, 15) is 24.3 Å². The van der Waals surface area contributed by atoms with E-state index < -0.39 is 29.9 Å². The van der Waals surface area contributed by atoms with Crippen molar-refractivity contribution < 1.29 is 29.0 Å². The van der Waals surface area contributed by atoms with Crippen LogP contribution in [0.3, 0.4) is 0 Å². The molecule has 3 N–H and O–H groups in total. The van der Waals surface area contributed by atoms with Gasteiger partial charge in [-0.1, -0.05) is 43.2 Å². The maximum Gasteiger partial charge on any atom is 0.328 e. The smallest absolute Gasteiger partial charge is 0.328 e. The highest BCUT2D eigenvalue weighted by atomic mass is 35.5. The van der Waals surface area contributed by atoms with Crippen LogP contribution in [0.2, 0.25) is 5.02 Å². The number of rotatable bonds is 2. The molecule has 0 saturated carbocycles. The molecule has 5 atom stereocenters. The Labute approximate surface area is 223 Å². The zero-order chi connectivity index (χ0) is 27.9. The molecule has 1 heterocycles. The molecule has 1 aliphatic heterocycles. The molecule has 2 rings (SSSR count). The molecule has 10 heteroatoms. The van der Waals surface area contributed by atoms with E-state index in [1.807, 2.05) is 13.8 Å². The van der Waals surface area contributed by atoms with Crippen LogP contribution in [0.5, 0.6) is 5.75 Å². The van der Waals surface area contributed by atoms with Crippen molar-refractivity contribution in [3.8, 4) is 5.75 Å². The number of amides is 3. The number of ether oxygens (including phenoxy) is 1. The first-order valence-corrected chi connectivity index (χ1v) is 12.8. The van der Waals surface area contributed by atoms with E-state index in [1.54, 1.807) is 19.9 Å². The molecule has 3 amide bonds. The number of phenolic OH excluding ortho intramolecular Hbond substituents is 1. The van der Waals surface area contributed by atoms with E-state index in [2.05, 4.69) is 16.7 Å². The fourth-order valence-corrected chi connectivity index (χ4v) is 4.58. The lowest BCUT2D eigenvalue weighted by Gasteiger charge is -2.29. The summed E-state index contributed by atoms with van der Waals surface area (Å²) in [5.41, 5.74) is 1.63. The predicted octanol–water partition coefficient (Wildman–Crippen LogP) is 2.98. The van der Waals surface area contributed by atoms with Crippen molar-refractivity contribution in [3.63, 3.8) is 0 Å². The molecule has 5 unspecified atom stereocenters. The number of esters is 1. The zero-order valence-electron chi connectivity index (χ0n) is 22.3. The third-order valence-electron chi connectivity index (χ3n) is 6.40. The number of cyclic esters (lactones) is 1. The molecule has 0 aliphatic carbocycles. The zero-order valence-corrected chi connectivity index (χ0v) is 23.1. The molecule has 1 aliphatic rings. The second-order valence-corrected chi connectivity index (χ2v) is 10.4. The number of benzene rings is 1. The Hall–Kier alpha value is -3.07. The molecule has 1 aromatic carbocycles. The van der Waals surface area contributed by atoms with Gasteiger partial charge >= 0.3 is 5.97 Å². The first-order valence-electron chi connectivity index (χ1n) is 12.5. The van der Waals surface area contributed by atoms with Crippen molar-refractivity contribution >= 4 is 35.3 Å². The summed E-state index contributed by atoms with van der Waals surface area (Å²) in [4.78, 5) is 52.8. The van der Waals surface area contributed by atoms with Crippen LogP contribution in [0.4, 0.5) is 0 Å². The monoisotopic (exact) mass is 535 g/mol. The van der Waals surface area contributed by atoms with Crippen molar-refractivity contribution in [2.75, 3.05) is 13.6 Å². The number of phenols is 1. The molecule has 9 nitrogen and oxygen atoms in total. The fourth-order valence-electron chi connectivity index (χ4n) is 4.38. The minimum absolute atomic E-state index is 0.0676. The van der Waals surface area contributed by atoms with Crippen molar-refractivity contribution in [1.82, 2.24) is 15.5 Å². The van der Waals surface area contributed by atoms with Gasteiger partial charge in [-0.15, -0.1) is 0 Å². The first kappa shape index (κ1) is 30.2. The minimum atomic E-state index is -1.01. The molecule has 0 bridgehead atoms. The summed E-state index contributed by atoms with van der Waals surface area (Å²) < 4.78 is 5.56. The SMILES string of the molecule is CC1=CC(C)CC(C)OC(=O)C(C)NC(=O)C(Cc2ccc(O)c(Cl)c2)N(C)C(=O)CNC(=O)C(C)C1. The summed E-state index contributed by atoms with van der Waals surface area (Å²) in [5.74, 6) is -2.22. The largest absolute Gasteiger partial charge is 0.506 e. The Morgan fingerprint density at radius 2 is 1.78 bits per heavy atom. The predicted molar refractivity (Wildman–Crippen MR) is 141 cm³/mol. The third-order valence-corrected chi connectivity index (χ3v) is 6.70. The van der Waals surface area contributed by atoms with Crippen LogP contribution in [0.25, 0.3) is 0 Å². The van der Waals surface area contributed by atoms with Gasteiger partial charge < -0.3 is 25.4 Å². The fraction of sp³-hybridized carbons (Fsp3) is 0.556. The van der Waals surface area contributed by atoms with Crippen LogP contribution in [0.1, 0.15) is 53.0 Å². The molecule has 0 spiro atoms. The molecule has 1 aromatic rings. The maximum atomic E-state index is 13.3. The van der Waals surface area contributed by atoms with Crippen LogP contribution in [-0.4, -0.2) is 65.5 Å². The number of nitrogens with one attached hydrogen (secondary N) is 2. The van der Waals surface area contributed by atoms with Crippen LogP contribution >= 0.6 is 11.6 Å². The van der Waals surface area contributed by atoms with Gasteiger partial charge in [0.15, 0.2) is 0 Å². The lowest BCUT2D eigenvalue weighted by atomic mass is 9.96. The third kappa shape index (κ3) is 9.07. The summed E-state index contributed by atoms with van der Waals surface area (Å²) >= 11 is 6.03. The Balaban J connectivity index is 2.34. The number of halogens is 1. The van der Waals surface area contributed by atoms with Gasteiger partial charge in [0.2, 0.25) is 17.7 Å². The number of carbonyl (C=O) groups is 4. The van der Waals surface area contributed by atoms with Crippen LogP contribution in [0.15, 0.2) is 29.8 Å². The molecule has 0 saturated heterocycles. The number of allylic oxidation sites excluding steroid dienone is 2. The van der Waals surface area contributed by atoms with E-state index in [-0.39, 0.29) is 47.6 Å². The molecular weight excluding hydrogens is 498 g/mol. The molecule has 0 aromatic heterocycles. The van der Waals surface area contributed by atoms with Gasteiger partial charge in [-0.2, -0.15) is 0 Å². The highest BCUT2D eigenvalue weighted by Crippen LogP contribution is 2.25. The molecule has 37 heavy (non-hydrogen) atoms. The lowest BCUT2D eigenvalue weighted by Crippen LogP contribution is -2.54. The summed E-state index contributed by atoms with van der Waals surface area (Å²) in [5, 5.41) is 15.2. The van der Waals surface area contributed by atoms with Crippen molar-refractivity contribution in [3.05, 3.63) is 40.4 Å². The summed E-state index contributed by atoms with van der Waals surface area (Å²) in [6.45, 7) is 8.79. The van der Waals surface area contributed by atoms with Crippen molar-refractivity contribution in [2.24, 2.45) is 11.8 Å². The van der Waals surface area contributed by atoms with E-state index in [1.165, 1.54) is 31.0 Å². The summed E-state index contributed by atoms with van der Waals surface area (Å²) in [6, 6.07) is 2.54. The number of hydrogen-bond acceptors (Lipinski definition) is 6. The standard InChI is InChI=1S/C27H38ClN3O6/c1-15-9-16(2)11-18(4)37-27(36)19(5)30-26(35)22(13-20-7-8-23(32)21(28)12-20)31(6)24(33)14-29-25(34)17(3)10-15/h7-9,12,16-19,22,32H,10-11,13-14H2,1-6H3,(H,29,34)(H,30,35). The topological polar surface area (TPSA) is 125 Å². The normalized spacial score (nSPS) is 27.4. The minimum Gasteiger partial charge on any atom is -0.506 e. The van der Waals surface area contributed by atoms with Gasteiger partial charge in [0, 0.05) is 19.4 Å². The van der Waals surface area contributed by atoms with E-state index in [0.29, 0.717) is 18.4 Å². The van der Waals surface area contributed by atoms with Gasteiger partial charge in [0.1, 0.15) is 17.8 Å². The van der Waals surface area contributed by atoms with Gasteiger partial charge in [-0.05, 0) is 57.2 Å². The number of hydrogen-bond donors (Lipinski definition) is 3. The van der Waals surface area contributed by atoms with E-state index >= 15 is 0 Å². The molecular formula is C27H38ClN3O6. The van der Waals surface area contributed by atoms with Gasteiger partial charge in [-0.25, -0.2) is 4.79 Å². The molecule has 204 valence electrons. The number of nitrogens with zero attached hydrogens (tertiary/aromatic N) is 1. The highest BCUT2D eigenvalue weighted by Gasteiger charge is 2.31.